The van der Waals surface area contributed by atoms with E-state index in [9.17, 15) is 4.79 Å². The van der Waals surface area contributed by atoms with Gasteiger partial charge >= 0.3 is 0 Å². The lowest BCUT2D eigenvalue weighted by Gasteiger charge is -2.17. The Morgan fingerprint density at radius 2 is 1.54 bits per heavy atom. The Bertz CT molecular complexity index is 800. The molecule has 0 bridgehead atoms. The van der Waals surface area contributed by atoms with E-state index in [0.29, 0.717) is 17.9 Å². The molecule has 0 aliphatic carbocycles. The van der Waals surface area contributed by atoms with Crippen molar-refractivity contribution in [2.24, 2.45) is 0 Å². The van der Waals surface area contributed by atoms with E-state index in [0.717, 1.165) is 11.3 Å². The molecule has 0 heterocycles. The van der Waals surface area contributed by atoms with E-state index >= 15 is 0 Å². The molecule has 0 fully saturated rings. The van der Waals surface area contributed by atoms with Crippen molar-refractivity contribution in [1.82, 2.24) is 0 Å². The normalized spacial score (nSPS) is 10.2. The molecule has 120 valence electrons. The molecule has 0 N–H and O–H groups in total. The van der Waals surface area contributed by atoms with Crippen LogP contribution in [0.4, 0.5) is 5.69 Å². The molecule has 0 saturated carbocycles. The van der Waals surface area contributed by atoms with Crippen LogP contribution in [0.5, 0.6) is 5.75 Å². The summed E-state index contributed by atoms with van der Waals surface area (Å²) < 4.78 is 5.80. The van der Waals surface area contributed by atoms with Crippen LogP contribution in [0.3, 0.4) is 0 Å². The smallest absolute Gasteiger partial charge is 0.258 e. The van der Waals surface area contributed by atoms with E-state index < -0.39 is 0 Å². The Hall–Kier alpha value is -3.07. The van der Waals surface area contributed by atoms with Gasteiger partial charge in [-0.2, -0.15) is 0 Å². The van der Waals surface area contributed by atoms with Crippen LogP contribution in [0.25, 0.3) is 0 Å². The van der Waals surface area contributed by atoms with Gasteiger partial charge in [0.15, 0.2) is 0 Å². The number of amides is 1. The van der Waals surface area contributed by atoms with Crippen molar-refractivity contribution in [3.05, 3.63) is 96.1 Å². The van der Waals surface area contributed by atoms with Crippen LogP contribution in [-0.2, 0) is 6.61 Å². The maximum atomic E-state index is 12.6. The minimum absolute atomic E-state index is 0.0636. The van der Waals surface area contributed by atoms with Gasteiger partial charge in [-0.15, -0.1) is 0 Å². The zero-order valence-corrected chi connectivity index (χ0v) is 13.6. The summed E-state index contributed by atoms with van der Waals surface area (Å²) in [6.45, 7) is 0.479. The molecule has 0 aromatic heterocycles. The standard InChI is InChI=1S/C21H19NO2/c1-22(19-12-6-3-7-13-19)21(23)18-11-8-14-20(15-18)24-16-17-9-4-2-5-10-17/h2-15H,16H2,1H3. The van der Waals surface area contributed by atoms with Crippen molar-refractivity contribution in [2.75, 3.05) is 11.9 Å². The molecule has 3 rings (SSSR count). The van der Waals surface area contributed by atoms with Crippen molar-refractivity contribution in [2.45, 2.75) is 6.61 Å². The molecule has 1 amide bonds. The van der Waals surface area contributed by atoms with Gasteiger partial charge in [0, 0.05) is 18.3 Å². The fourth-order valence-corrected chi connectivity index (χ4v) is 2.42. The van der Waals surface area contributed by atoms with Gasteiger partial charge in [0.2, 0.25) is 0 Å². The molecule has 0 unspecified atom stereocenters. The Morgan fingerprint density at radius 1 is 0.875 bits per heavy atom. The highest BCUT2D eigenvalue weighted by Gasteiger charge is 2.13. The topological polar surface area (TPSA) is 29.5 Å². The van der Waals surface area contributed by atoms with Crippen molar-refractivity contribution in [3.63, 3.8) is 0 Å². The summed E-state index contributed by atoms with van der Waals surface area (Å²) in [5, 5.41) is 0. The highest BCUT2D eigenvalue weighted by Crippen LogP contribution is 2.19. The Labute approximate surface area is 142 Å². The predicted octanol–water partition coefficient (Wildman–Crippen LogP) is 4.54. The van der Waals surface area contributed by atoms with Gasteiger partial charge < -0.3 is 9.64 Å². The van der Waals surface area contributed by atoms with Crippen LogP contribution in [0.2, 0.25) is 0 Å². The third-order valence-electron chi connectivity index (χ3n) is 3.78. The lowest BCUT2D eigenvalue weighted by atomic mass is 10.1. The maximum absolute atomic E-state index is 12.6. The van der Waals surface area contributed by atoms with Gasteiger partial charge in [0.25, 0.3) is 5.91 Å². The van der Waals surface area contributed by atoms with Gasteiger partial charge in [-0.3, -0.25) is 4.79 Å². The Balaban J connectivity index is 1.71. The third kappa shape index (κ3) is 3.82. The summed E-state index contributed by atoms with van der Waals surface area (Å²) >= 11 is 0. The zero-order valence-electron chi connectivity index (χ0n) is 13.6. The largest absolute Gasteiger partial charge is 0.489 e. The number of rotatable bonds is 5. The molecular formula is C21H19NO2. The van der Waals surface area contributed by atoms with Crippen molar-refractivity contribution >= 4 is 11.6 Å². The molecule has 3 heteroatoms. The fraction of sp³-hybridized carbons (Fsp3) is 0.0952. The second kappa shape index (κ2) is 7.47. The minimum atomic E-state index is -0.0636. The number of carbonyl (C=O) groups is 1. The number of benzene rings is 3. The average Bonchev–Trinajstić information content (AvgIpc) is 2.67. The second-order valence-electron chi connectivity index (χ2n) is 5.50. The first-order valence-electron chi connectivity index (χ1n) is 7.84. The predicted molar refractivity (Wildman–Crippen MR) is 96.4 cm³/mol. The lowest BCUT2D eigenvalue weighted by molar-refractivity contribution is 0.0992. The minimum Gasteiger partial charge on any atom is -0.489 e. The maximum Gasteiger partial charge on any atom is 0.258 e. The first kappa shape index (κ1) is 15.8. The first-order valence-corrected chi connectivity index (χ1v) is 7.84. The zero-order chi connectivity index (χ0) is 16.8. The molecular weight excluding hydrogens is 298 g/mol. The molecule has 0 saturated heterocycles. The monoisotopic (exact) mass is 317 g/mol. The number of ether oxygens (including phenoxy) is 1. The Morgan fingerprint density at radius 3 is 2.25 bits per heavy atom. The second-order valence-corrected chi connectivity index (χ2v) is 5.50. The quantitative estimate of drug-likeness (QED) is 0.691. The number of carbonyl (C=O) groups excluding carboxylic acids is 1. The molecule has 0 spiro atoms. The fourth-order valence-electron chi connectivity index (χ4n) is 2.42. The molecule has 3 aromatic carbocycles. The summed E-state index contributed by atoms with van der Waals surface area (Å²) in [4.78, 5) is 14.3. The van der Waals surface area contributed by atoms with E-state index in [2.05, 4.69) is 0 Å². The molecule has 24 heavy (non-hydrogen) atoms. The summed E-state index contributed by atoms with van der Waals surface area (Å²) in [5.74, 6) is 0.623. The molecule has 3 nitrogen and oxygen atoms in total. The van der Waals surface area contributed by atoms with Crippen LogP contribution in [-0.4, -0.2) is 13.0 Å². The van der Waals surface area contributed by atoms with Crippen molar-refractivity contribution in [3.8, 4) is 5.75 Å². The molecule has 0 aliphatic rings. The van der Waals surface area contributed by atoms with Crippen LogP contribution in [0.15, 0.2) is 84.9 Å². The van der Waals surface area contributed by atoms with Crippen LogP contribution in [0, 0.1) is 0 Å². The molecule has 3 aromatic rings. The summed E-state index contributed by atoms with van der Waals surface area (Å²) in [6, 6.07) is 26.8. The van der Waals surface area contributed by atoms with Gasteiger partial charge in [-0.05, 0) is 35.9 Å². The van der Waals surface area contributed by atoms with E-state index in [4.69, 9.17) is 4.74 Å². The van der Waals surface area contributed by atoms with E-state index in [1.807, 2.05) is 72.8 Å². The number of hydrogen-bond acceptors (Lipinski definition) is 2. The summed E-state index contributed by atoms with van der Waals surface area (Å²) in [7, 11) is 1.77. The van der Waals surface area contributed by atoms with E-state index in [1.54, 1.807) is 24.1 Å². The molecule has 0 radical (unpaired) electrons. The lowest BCUT2D eigenvalue weighted by Crippen LogP contribution is -2.26. The Kier molecular flexibility index (Phi) is 4.92. The number of para-hydroxylation sites is 1. The van der Waals surface area contributed by atoms with Crippen molar-refractivity contribution in [1.29, 1.82) is 0 Å². The van der Waals surface area contributed by atoms with Crippen molar-refractivity contribution < 1.29 is 9.53 Å². The van der Waals surface area contributed by atoms with E-state index in [-0.39, 0.29) is 5.91 Å². The van der Waals surface area contributed by atoms with Gasteiger partial charge in [0.05, 0.1) is 0 Å². The number of nitrogens with zero attached hydrogens (tertiary/aromatic N) is 1. The third-order valence-corrected chi connectivity index (χ3v) is 3.78. The highest BCUT2D eigenvalue weighted by molar-refractivity contribution is 6.05. The van der Waals surface area contributed by atoms with Crippen LogP contribution >= 0.6 is 0 Å². The SMILES string of the molecule is CN(C(=O)c1cccc(OCc2ccccc2)c1)c1ccccc1. The van der Waals surface area contributed by atoms with Gasteiger partial charge in [-0.1, -0.05) is 54.6 Å². The molecule has 0 atom stereocenters. The molecule has 0 aliphatic heterocycles. The summed E-state index contributed by atoms with van der Waals surface area (Å²) in [5.41, 5.74) is 2.56. The van der Waals surface area contributed by atoms with Gasteiger partial charge in [-0.25, -0.2) is 0 Å². The number of hydrogen-bond donors (Lipinski definition) is 0. The van der Waals surface area contributed by atoms with Crippen LogP contribution < -0.4 is 9.64 Å². The van der Waals surface area contributed by atoms with E-state index in [1.165, 1.54) is 0 Å². The van der Waals surface area contributed by atoms with Crippen LogP contribution in [0.1, 0.15) is 15.9 Å². The average molecular weight is 317 g/mol. The highest BCUT2D eigenvalue weighted by atomic mass is 16.5. The summed E-state index contributed by atoms with van der Waals surface area (Å²) in [6.07, 6.45) is 0. The number of anilines is 1. The first-order chi connectivity index (χ1) is 11.7. The van der Waals surface area contributed by atoms with Gasteiger partial charge in [0.1, 0.15) is 12.4 Å².